The van der Waals surface area contributed by atoms with Gasteiger partial charge in [-0.3, -0.25) is 9.36 Å². The highest BCUT2D eigenvalue weighted by Gasteiger charge is 2.17. The number of rotatable bonds is 5. The SMILES string of the molecule is CC(=O)c1ccc(-n2cnc3ccc(Nc4ccc(C)nn4)cc32)nc1-n1cc(Br)c(C#N)n1. The number of nitrogens with one attached hydrogen (secondary N) is 1. The zero-order valence-electron chi connectivity index (χ0n) is 18.1. The lowest BCUT2D eigenvalue weighted by molar-refractivity contribution is 0.101. The molecule has 4 aromatic heterocycles. The number of ketones is 1. The van der Waals surface area contributed by atoms with Crippen LogP contribution in [0.1, 0.15) is 28.7 Å². The number of benzene rings is 1. The Bertz CT molecular complexity index is 1600. The van der Waals surface area contributed by atoms with Crippen LogP contribution in [0.4, 0.5) is 11.5 Å². The molecule has 1 N–H and O–H groups in total. The maximum absolute atomic E-state index is 12.3. The number of anilines is 2. The minimum absolute atomic E-state index is 0.166. The number of halogens is 1. The Labute approximate surface area is 202 Å². The van der Waals surface area contributed by atoms with Crippen LogP contribution < -0.4 is 5.32 Å². The molecular weight excluding hydrogens is 498 g/mol. The van der Waals surface area contributed by atoms with Crippen molar-refractivity contribution in [1.82, 2.24) is 34.5 Å². The van der Waals surface area contributed by atoms with Crippen molar-refractivity contribution in [2.45, 2.75) is 13.8 Å². The summed E-state index contributed by atoms with van der Waals surface area (Å²) in [6.45, 7) is 3.34. The second-order valence-electron chi connectivity index (χ2n) is 7.48. The molecule has 1 aromatic carbocycles. The molecule has 10 nitrogen and oxygen atoms in total. The summed E-state index contributed by atoms with van der Waals surface area (Å²) in [6.07, 6.45) is 3.27. The Hall–Kier alpha value is -4.43. The van der Waals surface area contributed by atoms with Crippen LogP contribution in [-0.4, -0.2) is 40.3 Å². The van der Waals surface area contributed by atoms with Gasteiger partial charge in [0.2, 0.25) is 0 Å². The average molecular weight is 514 g/mol. The molecule has 4 heterocycles. The van der Waals surface area contributed by atoms with E-state index in [0.717, 1.165) is 22.4 Å². The minimum atomic E-state index is -0.166. The lowest BCUT2D eigenvalue weighted by atomic mass is 10.2. The number of hydrogen-bond donors (Lipinski definition) is 1. The first-order valence-corrected chi connectivity index (χ1v) is 10.9. The molecule has 0 saturated heterocycles. The average Bonchev–Trinajstić information content (AvgIpc) is 3.43. The number of imidazole rings is 1. The highest BCUT2D eigenvalue weighted by molar-refractivity contribution is 9.10. The predicted molar refractivity (Wildman–Crippen MR) is 128 cm³/mol. The smallest absolute Gasteiger partial charge is 0.177 e. The van der Waals surface area contributed by atoms with Crippen LogP contribution in [0.15, 0.2) is 59.5 Å². The number of carbonyl (C=O) groups excluding carboxylic acids is 1. The van der Waals surface area contributed by atoms with E-state index in [9.17, 15) is 10.1 Å². The van der Waals surface area contributed by atoms with Gasteiger partial charge < -0.3 is 5.32 Å². The number of aryl methyl sites for hydroxylation is 1. The number of fused-ring (bicyclic) bond motifs is 1. The van der Waals surface area contributed by atoms with Gasteiger partial charge in [0, 0.05) is 11.9 Å². The van der Waals surface area contributed by atoms with Crippen LogP contribution in [0.25, 0.3) is 22.7 Å². The van der Waals surface area contributed by atoms with Crippen molar-refractivity contribution in [3.8, 4) is 17.7 Å². The molecular formula is C23H16BrN9O. The monoisotopic (exact) mass is 513 g/mol. The van der Waals surface area contributed by atoms with Crippen LogP contribution in [0.3, 0.4) is 0 Å². The summed E-state index contributed by atoms with van der Waals surface area (Å²) in [5, 5.41) is 24.9. The summed E-state index contributed by atoms with van der Waals surface area (Å²) >= 11 is 3.31. The second kappa shape index (κ2) is 8.49. The summed E-state index contributed by atoms with van der Waals surface area (Å²) in [7, 11) is 0. The van der Waals surface area contributed by atoms with E-state index in [0.29, 0.717) is 27.5 Å². The van der Waals surface area contributed by atoms with E-state index in [1.165, 1.54) is 11.6 Å². The van der Waals surface area contributed by atoms with Gasteiger partial charge in [0.1, 0.15) is 18.2 Å². The van der Waals surface area contributed by atoms with Crippen molar-refractivity contribution < 1.29 is 4.79 Å². The van der Waals surface area contributed by atoms with Crippen LogP contribution in [0, 0.1) is 18.3 Å². The van der Waals surface area contributed by atoms with Gasteiger partial charge in [0.05, 0.1) is 26.8 Å². The van der Waals surface area contributed by atoms with Gasteiger partial charge in [0.15, 0.2) is 23.1 Å². The fourth-order valence-corrected chi connectivity index (χ4v) is 3.80. The number of pyridine rings is 1. The van der Waals surface area contributed by atoms with Gasteiger partial charge in [-0.15, -0.1) is 5.10 Å². The number of carbonyl (C=O) groups is 1. The zero-order chi connectivity index (χ0) is 23.8. The second-order valence-corrected chi connectivity index (χ2v) is 8.34. The van der Waals surface area contributed by atoms with Crippen molar-refractivity contribution >= 4 is 44.3 Å². The van der Waals surface area contributed by atoms with E-state index in [-0.39, 0.29) is 11.5 Å². The van der Waals surface area contributed by atoms with Crippen molar-refractivity contribution in [2.75, 3.05) is 5.32 Å². The molecule has 5 rings (SSSR count). The molecule has 166 valence electrons. The van der Waals surface area contributed by atoms with Crippen molar-refractivity contribution in [2.24, 2.45) is 0 Å². The highest BCUT2D eigenvalue weighted by atomic mass is 79.9. The topological polar surface area (TPSA) is 127 Å². The van der Waals surface area contributed by atoms with Crippen LogP contribution >= 0.6 is 15.9 Å². The number of Topliss-reactive ketones (excluding diaryl/α,β-unsaturated/α-hetero) is 1. The summed E-state index contributed by atoms with van der Waals surface area (Å²) in [5.74, 6) is 1.32. The Balaban J connectivity index is 1.59. The van der Waals surface area contributed by atoms with Crippen molar-refractivity contribution in [3.05, 3.63) is 76.4 Å². The summed E-state index contributed by atoms with van der Waals surface area (Å²) in [4.78, 5) is 21.4. The molecule has 0 unspecified atom stereocenters. The first kappa shape index (κ1) is 21.4. The summed E-state index contributed by atoms with van der Waals surface area (Å²) in [5.41, 5.74) is 3.80. The lowest BCUT2D eigenvalue weighted by Crippen LogP contribution is -2.09. The number of nitrogens with zero attached hydrogens (tertiary/aromatic N) is 8. The van der Waals surface area contributed by atoms with E-state index in [1.807, 2.05) is 47.9 Å². The molecule has 0 aliphatic carbocycles. The summed E-state index contributed by atoms with van der Waals surface area (Å²) in [6, 6.07) is 14.9. The first-order valence-electron chi connectivity index (χ1n) is 10.2. The quantitative estimate of drug-likeness (QED) is 0.344. The highest BCUT2D eigenvalue weighted by Crippen LogP contribution is 2.25. The van der Waals surface area contributed by atoms with E-state index in [1.54, 1.807) is 24.7 Å². The molecule has 0 aliphatic rings. The molecule has 11 heteroatoms. The Kier molecular flexibility index (Phi) is 5.35. The van der Waals surface area contributed by atoms with E-state index < -0.39 is 0 Å². The fraction of sp³-hybridized carbons (Fsp3) is 0.0870. The van der Waals surface area contributed by atoms with Gasteiger partial charge in [0.25, 0.3) is 0 Å². The molecule has 34 heavy (non-hydrogen) atoms. The van der Waals surface area contributed by atoms with Gasteiger partial charge >= 0.3 is 0 Å². The van der Waals surface area contributed by atoms with Crippen LogP contribution in [-0.2, 0) is 0 Å². The fourth-order valence-electron chi connectivity index (χ4n) is 3.44. The molecule has 0 atom stereocenters. The molecule has 0 amide bonds. The molecule has 0 saturated carbocycles. The number of aromatic nitrogens is 7. The number of hydrogen-bond acceptors (Lipinski definition) is 8. The van der Waals surface area contributed by atoms with Crippen LogP contribution in [0.5, 0.6) is 0 Å². The molecule has 0 radical (unpaired) electrons. The van der Waals surface area contributed by atoms with E-state index in [4.69, 9.17) is 4.98 Å². The summed E-state index contributed by atoms with van der Waals surface area (Å²) < 4.78 is 3.75. The largest absolute Gasteiger partial charge is 0.339 e. The molecule has 0 spiro atoms. The molecule has 0 bridgehead atoms. The third kappa shape index (κ3) is 3.91. The van der Waals surface area contributed by atoms with E-state index in [2.05, 4.69) is 41.5 Å². The van der Waals surface area contributed by atoms with Gasteiger partial charge in [-0.25, -0.2) is 14.6 Å². The maximum Gasteiger partial charge on any atom is 0.177 e. The van der Waals surface area contributed by atoms with Gasteiger partial charge in [-0.1, -0.05) is 0 Å². The maximum atomic E-state index is 12.3. The molecule has 0 aliphatic heterocycles. The first-order chi connectivity index (χ1) is 16.4. The normalized spacial score (nSPS) is 10.9. The molecule has 0 fully saturated rings. The van der Waals surface area contributed by atoms with Crippen molar-refractivity contribution in [1.29, 1.82) is 5.26 Å². The van der Waals surface area contributed by atoms with Gasteiger partial charge in [-0.05, 0) is 72.2 Å². The van der Waals surface area contributed by atoms with Crippen LogP contribution in [0.2, 0.25) is 0 Å². The Morgan fingerprint density at radius 1 is 1.15 bits per heavy atom. The minimum Gasteiger partial charge on any atom is -0.339 e. The molecule has 5 aromatic rings. The standard InChI is InChI=1S/C23H16BrN9O/c1-13-3-7-21(30-29-13)27-15-4-6-18-20(9-15)32(12-26-18)22-8-5-16(14(2)34)23(28-22)33-11-17(24)19(10-25)31-33/h3-9,11-12H,1-2H3,(H,27,30). The van der Waals surface area contributed by atoms with E-state index >= 15 is 0 Å². The predicted octanol–water partition coefficient (Wildman–Crippen LogP) is 4.29. The third-order valence-corrected chi connectivity index (χ3v) is 5.68. The van der Waals surface area contributed by atoms with Gasteiger partial charge in [-0.2, -0.15) is 15.5 Å². The Morgan fingerprint density at radius 2 is 2.00 bits per heavy atom. The van der Waals surface area contributed by atoms with Crippen molar-refractivity contribution in [3.63, 3.8) is 0 Å². The Morgan fingerprint density at radius 3 is 2.71 bits per heavy atom. The lowest BCUT2D eigenvalue weighted by Gasteiger charge is -2.11. The third-order valence-electron chi connectivity index (χ3n) is 5.10. The number of nitriles is 1. The zero-order valence-corrected chi connectivity index (χ0v) is 19.6.